The summed E-state index contributed by atoms with van der Waals surface area (Å²) in [6, 6.07) is 6.55. The number of benzene rings is 1. The van der Waals surface area contributed by atoms with Crippen LogP contribution < -0.4 is 5.32 Å². The molecular formula is C14H19NO4. The predicted octanol–water partition coefficient (Wildman–Crippen LogP) is 1.96. The van der Waals surface area contributed by atoms with E-state index < -0.39 is 0 Å². The second-order valence-electron chi connectivity index (χ2n) is 4.03. The minimum absolute atomic E-state index is 0.0987. The van der Waals surface area contributed by atoms with Gasteiger partial charge in [0.05, 0.1) is 12.2 Å². The van der Waals surface area contributed by atoms with E-state index in [1.54, 1.807) is 31.2 Å². The van der Waals surface area contributed by atoms with E-state index in [-0.39, 0.29) is 18.5 Å². The lowest BCUT2D eigenvalue weighted by Gasteiger charge is -2.06. The average molecular weight is 265 g/mol. The van der Waals surface area contributed by atoms with Crippen LogP contribution >= 0.6 is 0 Å². The van der Waals surface area contributed by atoms with Crippen LogP contribution in [0.2, 0.25) is 0 Å². The van der Waals surface area contributed by atoms with Crippen molar-refractivity contribution in [2.75, 3.05) is 18.5 Å². The molecule has 1 rings (SSSR count). The number of rotatable bonds is 7. The quantitative estimate of drug-likeness (QED) is 0.583. The Hall–Kier alpha value is -1.88. The minimum atomic E-state index is -0.372. The summed E-state index contributed by atoms with van der Waals surface area (Å²) in [5.41, 5.74) is 1.10. The van der Waals surface area contributed by atoms with Gasteiger partial charge >= 0.3 is 5.97 Å². The Morgan fingerprint density at radius 1 is 1.21 bits per heavy atom. The molecule has 0 aliphatic heterocycles. The fourth-order valence-electron chi connectivity index (χ4n) is 1.52. The standard InChI is InChI=1S/C14H19NO4/c1-2-19-14(18)11-6-8-12(9-7-11)15-13(17)5-3-4-10-16/h6-9,16H,2-5,10H2,1H3,(H,15,17). The molecule has 0 saturated heterocycles. The number of hydrogen-bond acceptors (Lipinski definition) is 4. The molecule has 0 atom stereocenters. The number of carbonyl (C=O) groups excluding carboxylic acids is 2. The number of hydrogen-bond donors (Lipinski definition) is 2. The maximum Gasteiger partial charge on any atom is 0.338 e. The second-order valence-corrected chi connectivity index (χ2v) is 4.03. The highest BCUT2D eigenvalue weighted by molar-refractivity contribution is 5.93. The molecule has 0 aliphatic rings. The van der Waals surface area contributed by atoms with Gasteiger partial charge in [-0.3, -0.25) is 4.79 Å². The molecule has 0 fully saturated rings. The van der Waals surface area contributed by atoms with Crippen LogP contribution in [-0.2, 0) is 9.53 Å². The summed E-state index contributed by atoms with van der Waals surface area (Å²) in [7, 11) is 0. The third kappa shape index (κ3) is 5.52. The second kappa shape index (κ2) is 8.26. The van der Waals surface area contributed by atoms with Crippen LogP contribution in [0.15, 0.2) is 24.3 Å². The first kappa shape index (κ1) is 15.2. The predicted molar refractivity (Wildman–Crippen MR) is 72.0 cm³/mol. The topological polar surface area (TPSA) is 75.6 Å². The number of aliphatic hydroxyl groups excluding tert-OH is 1. The summed E-state index contributed by atoms with van der Waals surface area (Å²) < 4.78 is 4.86. The van der Waals surface area contributed by atoms with Gasteiger partial charge in [-0.2, -0.15) is 0 Å². The van der Waals surface area contributed by atoms with Crippen molar-refractivity contribution in [1.29, 1.82) is 0 Å². The Labute approximate surface area is 112 Å². The third-order valence-electron chi connectivity index (χ3n) is 2.49. The lowest BCUT2D eigenvalue weighted by molar-refractivity contribution is -0.116. The minimum Gasteiger partial charge on any atom is -0.462 e. The molecule has 5 nitrogen and oxygen atoms in total. The van der Waals surface area contributed by atoms with Crippen LogP contribution in [0.3, 0.4) is 0 Å². The molecule has 19 heavy (non-hydrogen) atoms. The van der Waals surface area contributed by atoms with Crippen LogP contribution in [0.4, 0.5) is 5.69 Å². The fourth-order valence-corrected chi connectivity index (χ4v) is 1.52. The number of amides is 1. The van der Waals surface area contributed by atoms with Crippen molar-refractivity contribution < 1.29 is 19.4 Å². The monoisotopic (exact) mass is 265 g/mol. The van der Waals surface area contributed by atoms with Crippen LogP contribution in [0, 0.1) is 0 Å². The molecule has 0 spiro atoms. The molecule has 104 valence electrons. The Morgan fingerprint density at radius 3 is 2.47 bits per heavy atom. The number of aliphatic hydroxyl groups is 1. The molecular weight excluding hydrogens is 246 g/mol. The summed E-state index contributed by atoms with van der Waals surface area (Å²) in [5, 5.41) is 11.3. The number of esters is 1. The number of unbranched alkanes of at least 4 members (excludes halogenated alkanes) is 1. The van der Waals surface area contributed by atoms with Gasteiger partial charge in [-0.05, 0) is 44.0 Å². The van der Waals surface area contributed by atoms with E-state index in [9.17, 15) is 9.59 Å². The highest BCUT2D eigenvalue weighted by atomic mass is 16.5. The van der Waals surface area contributed by atoms with Crippen molar-refractivity contribution in [3.63, 3.8) is 0 Å². The first-order chi connectivity index (χ1) is 9.17. The first-order valence-electron chi connectivity index (χ1n) is 6.35. The van der Waals surface area contributed by atoms with E-state index in [0.717, 1.165) is 0 Å². The summed E-state index contributed by atoms with van der Waals surface area (Å²) in [5.74, 6) is -0.472. The largest absolute Gasteiger partial charge is 0.462 e. The van der Waals surface area contributed by atoms with E-state index in [2.05, 4.69) is 5.32 Å². The van der Waals surface area contributed by atoms with Crippen molar-refractivity contribution in [3.8, 4) is 0 Å². The van der Waals surface area contributed by atoms with Gasteiger partial charge in [0.15, 0.2) is 0 Å². The number of nitrogens with one attached hydrogen (secondary N) is 1. The maximum absolute atomic E-state index is 11.5. The molecule has 0 aromatic heterocycles. The van der Waals surface area contributed by atoms with Crippen molar-refractivity contribution >= 4 is 17.6 Å². The van der Waals surface area contributed by atoms with E-state index in [4.69, 9.17) is 9.84 Å². The van der Waals surface area contributed by atoms with Gasteiger partial charge in [-0.15, -0.1) is 0 Å². The molecule has 0 radical (unpaired) electrons. The van der Waals surface area contributed by atoms with Crippen molar-refractivity contribution in [2.45, 2.75) is 26.2 Å². The zero-order chi connectivity index (χ0) is 14.1. The van der Waals surface area contributed by atoms with Crippen molar-refractivity contribution in [3.05, 3.63) is 29.8 Å². The van der Waals surface area contributed by atoms with Crippen molar-refractivity contribution in [1.82, 2.24) is 0 Å². The SMILES string of the molecule is CCOC(=O)c1ccc(NC(=O)CCCCO)cc1. The zero-order valence-electron chi connectivity index (χ0n) is 11.0. The molecule has 0 bridgehead atoms. The number of anilines is 1. The molecule has 1 aromatic carbocycles. The molecule has 1 aromatic rings. The Morgan fingerprint density at radius 2 is 1.89 bits per heavy atom. The lowest BCUT2D eigenvalue weighted by Crippen LogP contribution is -2.11. The van der Waals surface area contributed by atoms with Gasteiger partial charge in [0, 0.05) is 18.7 Å². The Balaban J connectivity index is 2.47. The summed E-state index contributed by atoms with van der Waals surface area (Å²) in [6.07, 6.45) is 1.65. The molecule has 0 aliphatic carbocycles. The average Bonchev–Trinajstić information content (AvgIpc) is 2.40. The van der Waals surface area contributed by atoms with Crippen molar-refractivity contribution in [2.24, 2.45) is 0 Å². The first-order valence-corrected chi connectivity index (χ1v) is 6.35. The summed E-state index contributed by atoms with van der Waals surface area (Å²) in [6.45, 7) is 2.18. The van der Waals surface area contributed by atoms with E-state index in [1.165, 1.54) is 0 Å². The molecule has 0 unspecified atom stereocenters. The zero-order valence-corrected chi connectivity index (χ0v) is 11.0. The Bertz CT molecular complexity index is 414. The van der Waals surface area contributed by atoms with E-state index in [1.807, 2.05) is 0 Å². The summed E-state index contributed by atoms with van der Waals surface area (Å²) >= 11 is 0. The normalized spacial score (nSPS) is 10.0. The fraction of sp³-hybridized carbons (Fsp3) is 0.429. The van der Waals surface area contributed by atoms with Gasteiger partial charge in [-0.25, -0.2) is 4.79 Å². The summed E-state index contributed by atoms with van der Waals surface area (Å²) in [4.78, 5) is 22.9. The number of carbonyl (C=O) groups is 2. The Kier molecular flexibility index (Phi) is 6.60. The van der Waals surface area contributed by atoms with E-state index in [0.29, 0.717) is 37.1 Å². The lowest BCUT2D eigenvalue weighted by atomic mass is 10.2. The van der Waals surface area contributed by atoms with E-state index >= 15 is 0 Å². The van der Waals surface area contributed by atoms with Gasteiger partial charge in [0.25, 0.3) is 0 Å². The molecule has 0 saturated carbocycles. The van der Waals surface area contributed by atoms with Crippen LogP contribution in [-0.4, -0.2) is 30.2 Å². The van der Waals surface area contributed by atoms with Gasteiger partial charge in [-0.1, -0.05) is 0 Å². The van der Waals surface area contributed by atoms with Gasteiger partial charge in [0.2, 0.25) is 5.91 Å². The molecule has 5 heteroatoms. The third-order valence-corrected chi connectivity index (χ3v) is 2.49. The number of ether oxygens (including phenoxy) is 1. The highest BCUT2D eigenvalue weighted by Crippen LogP contribution is 2.11. The van der Waals surface area contributed by atoms with Crippen LogP contribution in [0.5, 0.6) is 0 Å². The van der Waals surface area contributed by atoms with Crippen LogP contribution in [0.25, 0.3) is 0 Å². The highest BCUT2D eigenvalue weighted by Gasteiger charge is 2.06. The molecule has 0 heterocycles. The van der Waals surface area contributed by atoms with Gasteiger partial charge in [0.1, 0.15) is 0 Å². The maximum atomic E-state index is 11.5. The van der Waals surface area contributed by atoms with Crippen LogP contribution in [0.1, 0.15) is 36.5 Å². The van der Waals surface area contributed by atoms with Gasteiger partial charge < -0.3 is 15.2 Å². The smallest absolute Gasteiger partial charge is 0.338 e. The molecule has 1 amide bonds. The molecule has 2 N–H and O–H groups in total.